The van der Waals surface area contributed by atoms with E-state index in [4.69, 9.17) is 4.74 Å². The fourth-order valence-corrected chi connectivity index (χ4v) is 1.69. The maximum atomic E-state index is 11.9. The van der Waals surface area contributed by atoms with E-state index in [0.717, 1.165) is 7.11 Å². The number of benzene rings is 1. The van der Waals surface area contributed by atoms with Crippen molar-refractivity contribution in [3.05, 3.63) is 50.6 Å². The number of aromatic amines is 1. The molecule has 20 heavy (non-hydrogen) atoms. The van der Waals surface area contributed by atoms with Gasteiger partial charge in [-0.3, -0.25) is 4.79 Å². The third-order valence-corrected chi connectivity index (χ3v) is 2.68. The number of aromatic nitrogens is 1. The first-order chi connectivity index (χ1) is 9.58. The van der Waals surface area contributed by atoms with Crippen LogP contribution >= 0.6 is 0 Å². The van der Waals surface area contributed by atoms with Gasteiger partial charge in [0.15, 0.2) is 5.69 Å². The first-order valence-electron chi connectivity index (χ1n) is 5.57. The topological polar surface area (TPSA) is 98.6 Å². The van der Waals surface area contributed by atoms with Crippen molar-refractivity contribution >= 4 is 5.97 Å². The number of esters is 1. The standard InChI is InChI=1S/C13H11NO6/c1-18-8-5-3-7(4-6-8)9-10(12(16)19-2)14-20-13(17)11(9)15/h3-6,14H,1-2H3. The van der Waals surface area contributed by atoms with Crippen molar-refractivity contribution in [2.75, 3.05) is 14.2 Å². The summed E-state index contributed by atoms with van der Waals surface area (Å²) in [6.45, 7) is 0. The van der Waals surface area contributed by atoms with Crippen LogP contribution in [0.15, 0.2) is 38.4 Å². The van der Waals surface area contributed by atoms with Gasteiger partial charge in [0, 0.05) is 0 Å². The van der Waals surface area contributed by atoms with Crippen LogP contribution in [0.25, 0.3) is 11.1 Å². The summed E-state index contributed by atoms with van der Waals surface area (Å²) in [5.41, 5.74) is -1.96. The molecule has 0 amide bonds. The number of carbonyl (C=O) groups is 1. The van der Waals surface area contributed by atoms with Gasteiger partial charge in [-0.2, -0.15) is 0 Å². The van der Waals surface area contributed by atoms with Crippen molar-refractivity contribution in [3.63, 3.8) is 0 Å². The molecule has 1 heterocycles. The second-order valence-electron chi connectivity index (χ2n) is 3.79. The second-order valence-corrected chi connectivity index (χ2v) is 3.79. The SMILES string of the molecule is COC(=O)c1[nH]oc(=O)c(=O)c1-c1ccc(OC)cc1. The molecule has 1 aromatic carbocycles. The van der Waals surface area contributed by atoms with Crippen LogP contribution in [-0.4, -0.2) is 25.3 Å². The molecule has 1 aromatic heterocycles. The highest BCUT2D eigenvalue weighted by molar-refractivity contribution is 5.94. The van der Waals surface area contributed by atoms with E-state index in [9.17, 15) is 14.4 Å². The maximum absolute atomic E-state index is 11.9. The number of H-pyrrole nitrogens is 1. The van der Waals surface area contributed by atoms with Crippen LogP contribution < -0.4 is 15.8 Å². The lowest BCUT2D eigenvalue weighted by Gasteiger charge is -2.06. The molecular weight excluding hydrogens is 266 g/mol. The minimum atomic E-state index is -1.09. The molecule has 1 N–H and O–H groups in total. The van der Waals surface area contributed by atoms with Crippen LogP contribution in [0.4, 0.5) is 0 Å². The third-order valence-electron chi connectivity index (χ3n) is 2.68. The van der Waals surface area contributed by atoms with Gasteiger partial charge in [-0.15, -0.1) is 0 Å². The van der Waals surface area contributed by atoms with Crippen molar-refractivity contribution < 1.29 is 18.8 Å². The predicted molar refractivity (Wildman–Crippen MR) is 68.9 cm³/mol. The highest BCUT2D eigenvalue weighted by Gasteiger charge is 2.20. The minimum Gasteiger partial charge on any atom is -0.497 e. The Morgan fingerprint density at radius 2 is 1.80 bits per heavy atom. The molecule has 0 aliphatic heterocycles. The highest BCUT2D eigenvalue weighted by Crippen LogP contribution is 2.21. The van der Waals surface area contributed by atoms with E-state index in [1.54, 1.807) is 24.3 Å². The number of rotatable bonds is 3. The van der Waals surface area contributed by atoms with Gasteiger partial charge in [0.25, 0.3) is 5.43 Å². The fourth-order valence-electron chi connectivity index (χ4n) is 1.69. The van der Waals surface area contributed by atoms with E-state index in [1.807, 2.05) is 0 Å². The molecule has 0 radical (unpaired) electrons. The van der Waals surface area contributed by atoms with Gasteiger partial charge in [0.1, 0.15) is 5.75 Å². The number of hydrogen-bond acceptors (Lipinski definition) is 6. The van der Waals surface area contributed by atoms with Crippen LogP contribution in [0.1, 0.15) is 10.5 Å². The summed E-state index contributed by atoms with van der Waals surface area (Å²) in [6, 6.07) is 6.31. The third kappa shape index (κ3) is 2.33. The fraction of sp³-hybridized carbons (Fsp3) is 0.154. The van der Waals surface area contributed by atoms with Gasteiger partial charge in [-0.05, 0) is 17.7 Å². The summed E-state index contributed by atoms with van der Waals surface area (Å²) >= 11 is 0. The molecule has 104 valence electrons. The first kappa shape index (κ1) is 13.6. The summed E-state index contributed by atoms with van der Waals surface area (Å²) < 4.78 is 13.9. The number of ether oxygens (including phenoxy) is 2. The Morgan fingerprint density at radius 3 is 2.35 bits per heavy atom. The highest BCUT2D eigenvalue weighted by atomic mass is 16.5. The van der Waals surface area contributed by atoms with Crippen LogP contribution in [0.3, 0.4) is 0 Å². The van der Waals surface area contributed by atoms with E-state index in [1.165, 1.54) is 7.11 Å². The van der Waals surface area contributed by atoms with Crippen LogP contribution in [0.5, 0.6) is 5.75 Å². The zero-order valence-electron chi connectivity index (χ0n) is 10.8. The largest absolute Gasteiger partial charge is 0.497 e. The van der Waals surface area contributed by atoms with E-state index < -0.39 is 17.0 Å². The zero-order chi connectivity index (χ0) is 14.7. The molecule has 0 saturated heterocycles. The molecule has 0 unspecified atom stereocenters. The Bertz CT molecular complexity index is 741. The van der Waals surface area contributed by atoms with Crippen molar-refractivity contribution in [1.82, 2.24) is 5.16 Å². The Hall–Kier alpha value is -2.83. The van der Waals surface area contributed by atoms with Gasteiger partial charge in [0.2, 0.25) is 0 Å². The Morgan fingerprint density at radius 1 is 1.15 bits per heavy atom. The number of carbonyl (C=O) groups excluding carboxylic acids is 1. The molecule has 2 aromatic rings. The Kier molecular flexibility index (Phi) is 3.69. The Balaban J connectivity index is 2.70. The molecule has 2 rings (SSSR count). The van der Waals surface area contributed by atoms with Crippen molar-refractivity contribution in [2.24, 2.45) is 0 Å². The lowest BCUT2D eigenvalue weighted by Crippen LogP contribution is -2.28. The summed E-state index contributed by atoms with van der Waals surface area (Å²) in [7, 11) is 2.66. The normalized spacial score (nSPS) is 10.1. The van der Waals surface area contributed by atoms with Crippen LogP contribution in [0, 0.1) is 0 Å². The average Bonchev–Trinajstić information content (AvgIpc) is 2.49. The van der Waals surface area contributed by atoms with E-state index in [0.29, 0.717) is 11.3 Å². The van der Waals surface area contributed by atoms with Gasteiger partial charge >= 0.3 is 11.6 Å². The molecule has 0 aliphatic carbocycles. The lowest BCUT2D eigenvalue weighted by atomic mass is 10.0. The van der Waals surface area contributed by atoms with Crippen molar-refractivity contribution in [1.29, 1.82) is 0 Å². The van der Waals surface area contributed by atoms with Gasteiger partial charge in [-0.1, -0.05) is 12.1 Å². The molecule has 0 saturated carbocycles. The average molecular weight is 277 g/mol. The van der Waals surface area contributed by atoms with E-state index in [2.05, 4.69) is 14.4 Å². The van der Waals surface area contributed by atoms with Crippen LogP contribution in [0.2, 0.25) is 0 Å². The molecule has 0 aliphatic rings. The predicted octanol–water partition coefficient (Wildman–Crippen LogP) is 0.790. The quantitative estimate of drug-likeness (QED) is 0.657. The number of methoxy groups -OCH3 is 2. The number of hydrogen-bond donors (Lipinski definition) is 1. The summed E-state index contributed by atoms with van der Waals surface area (Å²) in [5, 5.41) is 2.13. The van der Waals surface area contributed by atoms with Gasteiger partial charge in [0.05, 0.1) is 19.8 Å². The molecule has 7 heteroatoms. The maximum Gasteiger partial charge on any atom is 0.403 e. The number of nitrogens with one attached hydrogen (secondary N) is 1. The van der Waals surface area contributed by atoms with Crippen LogP contribution in [-0.2, 0) is 4.74 Å². The molecule has 0 atom stereocenters. The monoisotopic (exact) mass is 277 g/mol. The summed E-state index contributed by atoms with van der Waals surface area (Å²) in [6.07, 6.45) is 0. The molecular formula is C13H11NO6. The summed E-state index contributed by atoms with van der Waals surface area (Å²) in [5.74, 6) is -0.232. The lowest BCUT2D eigenvalue weighted by molar-refractivity contribution is 0.0584. The van der Waals surface area contributed by atoms with E-state index >= 15 is 0 Å². The first-order valence-corrected chi connectivity index (χ1v) is 5.57. The van der Waals surface area contributed by atoms with Crippen molar-refractivity contribution in [3.8, 4) is 16.9 Å². The van der Waals surface area contributed by atoms with E-state index in [-0.39, 0.29) is 11.3 Å². The van der Waals surface area contributed by atoms with Gasteiger partial charge in [-0.25, -0.2) is 14.7 Å². The Labute approximate surface area is 112 Å². The molecule has 0 spiro atoms. The molecule has 7 nitrogen and oxygen atoms in total. The zero-order valence-corrected chi connectivity index (χ0v) is 10.8. The van der Waals surface area contributed by atoms with Crippen molar-refractivity contribution in [2.45, 2.75) is 0 Å². The second kappa shape index (κ2) is 5.43. The van der Waals surface area contributed by atoms with Gasteiger partial charge < -0.3 is 14.0 Å². The molecule has 0 fully saturated rings. The minimum absolute atomic E-state index is 0.101. The molecule has 0 bridgehead atoms. The smallest absolute Gasteiger partial charge is 0.403 e. The summed E-state index contributed by atoms with van der Waals surface area (Å²) in [4.78, 5) is 34.8.